The van der Waals surface area contributed by atoms with Crippen molar-refractivity contribution >= 4 is 17.2 Å². The summed E-state index contributed by atoms with van der Waals surface area (Å²) in [7, 11) is 2.05. The van der Waals surface area contributed by atoms with E-state index in [1.807, 2.05) is 29.8 Å². The van der Waals surface area contributed by atoms with Crippen molar-refractivity contribution in [3.63, 3.8) is 0 Å². The lowest BCUT2D eigenvalue weighted by Crippen LogP contribution is -2.18. The van der Waals surface area contributed by atoms with Gasteiger partial charge in [-0.05, 0) is 12.6 Å². The quantitative estimate of drug-likeness (QED) is 0.378. The molecule has 0 aliphatic rings. The SMILES string of the molecule is CN(Cc1ccc(C(N)=NO)cc1)Cc1cscn1. The molecule has 0 spiro atoms. The summed E-state index contributed by atoms with van der Waals surface area (Å²) < 4.78 is 0. The first-order valence-electron chi connectivity index (χ1n) is 5.81. The van der Waals surface area contributed by atoms with Crippen LogP contribution in [0.5, 0.6) is 0 Å². The zero-order valence-corrected chi connectivity index (χ0v) is 11.5. The highest BCUT2D eigenvalue weighted by atomic mass is 32.1. The van der Waals surface area contributed by atoms with E-state index < -0.39 is 0 Å². The average Bonchev–Trinajstić information content (AvgIpc) is 2.91. The summed E-state index contributed by atoms with van der Waals surface area (Å²) in [6, 6.07) is 7.65. The van der Waals surface area contributed by atoms with Gasteiger partial charge in [0.25, 0.3) is 0 Å². The van der Waals surface area contributed by atoms with Gasteiger partial charge in [0.05, 0.1) is 11.2 Å². The van der Waals surface area contributed by atoms with Crippen molar-refractivity contribution in [1.82, 2.24) is 9.88 Å². The van der Waals surface area contributed by atoms with Gasteiger partial charge in [-0.25, -0.2) is 4.98 Å². The molecule has 1 heterocycles. The van der Waals surface area contributed by atoms with Crippen LogP contribution in [0.25, 0.3) is 0 Å². The number of aromatic nitrogens is 1. The Kier molecular flexibility index (Phi) is 4.48. The van der Waals surface area contributed by atoms with Gasteiger partial charge in [0.2, 0.25) is 0 Å². The number of amidine groups is 1. The number of oxime groups is 1. The van der Waals surface area contributed by atoms with Crippen LogP contribution in [0.2, 0.25) is 0 Å². The number of nitrogens with two attached hydrogens (primary N) is 1. The lowest BCUT2D eigenvalue weighted by atomic mass is 10.1. The second kappa shape index (κ2) is 6.31. The third kappa shape index (κ3) is 3.77. The van der Waals surface area contributed by atoms with Crippen LogP contribution in [-0.4, -0.2) is 28.0 Å². The summed E-state index contributed by atoms with van der Waals surface area (Å²) in [6.07, 6.45) is 0. The van der Waals surface area contributed by atoms with Crippen molar-refractivity contribution in [2.45, 2.75) is 13.1 Å². The largest absolute Gasteiger partial charge is 0.409 e. The standard InChI is InChI=1S/C13H16N4OS/c1-17(7-12-8-19-9-15-12)6-10-2-4-11(5-3-10)13(14)16-18/h2-5,8-9,18H,6-7H2,1H3,(H2,14,16). The van der Waals surface area contributed by atoms with Gasteiger partial charge in [-0.1, -0.05) is 29.4 Å². The minimum absolute atomic E-state index is 0.127. The highest BCUT2D eigenvalue weighted by Gasteiger charge is 2.04. The maximum absolute atomic E-state index is 8.60. The molecule has 2 rings (SSSR count). The third-order valence-electron chi connectivity index (χ3n) is 2.73. The van der Waals surface area contributed by atoms with E-state index in [1.165, 1.54) is 5.56 Å². The van der Waals surface area contributed by atoms with Crippen LogP contribution >= 0.6 is 11.3 Å². The van der Waals surface area contributed by atoms with E-state index in [0.29, 0.717) is 5.56 Å². The van der Waals surface area contributed by atoms with Crippen molar-refractivity contribution in [2.24, 2.45) is 10.9 Å². The summed E-state index contributed by atoms with van der Waals surface area (Å²) in [5, 5.41) is 13.6. The molecular formula is C13H16N4OS. The van der Waals surface area contributed by atoms with E-state index in [-0.39, 0.29) is 5.84 Å². The fraction of sp³-hybridized carbons (Fsp3) is 0.231. The van der Waals surface area contributed by atoms with Crippen molar-refractivity contribution in [2.75, 3.05) is 7.05 Å². The predicted molar refractivity (Wildman–Crippen MR) is 76.2 cm³/mol. The molecule has 6 heteroatoms. The Labute approximate surface area is 116 Å². The second-order valence-electron chi connectivity index (χ2n) is 4.33. The molecule has 5 nitrogen and oxygen atoms in total. The van der Waals surface area contributed by atoms with Crippen LogP contribution in [0.3, 0.4) is 0 Å². The first kappa shape index (κ1) is 13.5. The van der Waals surface area contributed by atoms with Crippen molar-refractivity contribution in [1.29, 1.82) is 0 Å². The highest BCUT2D eigenvalue weighted by Crippen LogP contribution is 2.10. The lowest BCUT2D eigenvalue weighted by molar-refractivity contribution is 0.315. The molecule has 2 aromatic rings. The molecule has 100 valence electrons. The fourth-order valence-corrected chi connectivity index (χ4v) is 2.35. The Balaban J connectivity index is 1.95. The highest BCUT2D eigenvalue weighted by molar-refractivity contribution is 7.07. The molecule has 19 heavy (non-hydrogen) atoms. The molecule has 0 radical (unpaired) electrons. The minimum atomic E-state index is 0.127. The van der Waals surface area contributed by atoms with Crippen LogP contribution in [0, 0.1) is 0 Å². The van der Waals surface area contributed by atoms with E-state index in [1.54, 1.807) is 11.3 Å². The van der Waals surface area contributed by atoms with Crippen molar-refractivity contribution < 1.29 is 5.21 Å². The zero-order valence-electron chi connectivity index (χ0n) is 10.7. The molecule has 0 saturated carbocycles. The summed E-state index contributed by atoms with van der Waals surface area (Å²) in [4.78, 5) is 6.45. The molecule has 1 aromatic carbocycles. The summed E-state index contributed by atoms with van der Waals surface area (Å²) in [5.74, 6) is 0.127. The van der Waals surface area contributed by atoms with Crippen LogP contribution in [0.1, 0.15) is 16.8 Å². The van der Waals surface area contributed by atoms with E-state index in [4.69, 9.17) is 10.9 Å². The molecule has 0 saturated heterocycles. The fourth-order valence-electron chi connectivity index (χ4n) is 1.80. The van der Waals surface area contributed by atoms with Gasteiger partial charge in [-0.3, -0.25) is 4.90 Å². The predicted octanol–water partition coefficient (Wildman–Crippen LogP) is 1.87. The summed E-state index contributed by atoms with van der Waals surface area (Å²) in [5.41, 5.74) is 10.3. The Morgan fingerprint density at radius 3 is 2.68 bits per heavy atom. The summed E-state index contributed by atoms with van der Waals surface area (Å²) >= 11 is 1.61. The van der Waals surface area contributed by atoms with Crippen LogP contribution in [0.15, 0.2) is 40.3 Å². The maximum atomic E-state index is 8.60. The van der Waals surface area contributed by atoms with Crippen LogP contribution in [-0.2, 0) is 13.1 Å². The number of hydrogen-bond donors (Lipinski definition) is 2. The molecular weight excluding hydrogens is 260 g/mol. The van der Waals surface area contributed by atoms with E-state index in [9.17, 15) is 0 Å². The van der Waals surface area contributed by atoms with Gasteiger partial charge in [0.1, 0.15) is 0 Å². The van der Waals surface area contributed by atoms with Crippen LogP contribution in [0.4, 0.5) is 0 Å². The van der Waals surface area contributed by atoms with Gasteiger partial charge in [-0.15, -0.1) is 11.3 Å². The zero-order chi connectivity index (χ0) is 13.7. The molecule has 0 aliphatic carbocycles. The van der Waals surface area contributed by atoms with Gasteiger partial charge >= 0.3 is 0 Å². The van der Waals surface area contributed by atoms with E-state index in [0.717, 1.165) is 18.8 Å². The minimum Gasteiger partial charge on any atom is -0.409 e. The number of rotatable bonds is 5. The molecule has 0 atom stereocenters. The molecule has 0 bridgehead atoms. The lowest BCUT2D eigenvalue weighted by Gasteiger charge is -2.15. The smallest absolute Gasteiger partial charge is 0.170 e. The van der Waals surface area contributed by atoms with Crippen molar-refractivity contribution in [3.8, 4) is 0 Å². The van der Waals surface area contributed by atoms with Gasteiger partial charge in [0.15, 0.2) is 5.84 Å². The van der Waals surface area contributed by atoms with Gasteiger partial charge < -0.3 is 10.9 Å². The first-order valence-corrected chi connectivity index (χ1v) is 6.76. The number of thiazole rings is 1. The number of benzene rings is 1. The normalized spacial score (nSPS) is 12.0. The monoisotopic (exact) mass is 276 g/mol. The average molecular weight is 276 g/mol. The van der Waals surface area contributed by atoms with Crippen LogP contribution < -0.4 is 5.73 Å². The molecule has 1 aromatic heterocycles. The Hall–Kier alpha value is -1.92. The first-order chi connectivity index (χ1) is 9.19. The van der Waals surface area contributed by atoms with E-state index >= 15 is 0 Å². The Morgan fingerprint density at radius 1 is 1.37 bits per heavy atom. The molecule has 0 aliphatic heterocycles. The van der Waals surface area contributed by atoms with Crippen molar-refractivity contribution in [3.05, 3.63) is 52.0 Å². The molecule has 3 N–H and O–H groups in total. The Bertz CT molecular complexity index is 536. The second-order valence-corrected chi connectivity index (χ2v) is 5.05. The van der Waals surface area contributed by atoms with E-state index in [2.05, 4.69) is 27.5 Å². The molecule has 0 amide bonds. The van der Waals surface area contributed by atoms with Gasteiger partial charge in [-0.2, -0.15) is 0 Å². The molecule has 0 unspecified atom stereocenters. The Morgan fingerprint density at radius 2 is 2.11 bits per heavy atom. The number of nitrogens with zero attached hydrogens (tertiary/aromatic N) is 3. The summed E-state index contributed by atoms with van der Waals surface area (Å²) in [6.45, 7) is 1.65. The van der Waals surface area contributed by atoms with Gasteiger partial charge in [0, 0.05) is 24.0 Å². The maximum Gasteiger partial charge on any atom is 0.170 e. The molecule has 0 fully saturated rings. The number of hydrogen-bond acceptors (Lipinski definition) is 5. The third-order valence-corrected chi connectivity index (χ3v) is 3.36. The topological polar surface area (TPSA) is 74.7 Å².